The Bertz CT molecular complexity index is 858. The van der Waals surface area contributed by atoms with Crippen molar-refractivity contribution in [3.63, 3.8) is 0 Å². The van der Waals surface area contributed by atoms with Crippen LogP contribution in [0, 0.1) is 23.2 Å². The van der Waals surface area contributed by atoms with Gasteiger partial charge in [0.15, 0.2) is 0 Å². The molecule has 0 aromatic carbocycles. The van der Waals surface area contributed by atoms with Crippen LogP contribution in [0.15, 0.2) is 14.6 Å². The average Bonchev–Trinajstić information content (AvgIpc) is 2.57. The molecule has 4 aliphatic rings. The Labute approximate surface area is 153 Å². The molecular weight excluding hydrogens is 330 g/mol. The number of hydrogen-bond donors (Lipinski definition) is 1. The van der Waals surface area contributed by atoms with Crippen molar-refractivity contribution in [2.75, 3.05) is 0 Å². The van der Waals surface area contributed by atoms with Crippen LogP contribution in [0.3, 0.4) is 0 Å². The normalized spacial score (nSPS) is 34.3. The van der Waals surface area contributed by atoms with Crippen molar-refractivity contribution in [1.29, 1.82) is 0 Å². The molecule has 0 aliphatic heterocycles. The molecule has 6 heteroatoms. The molecule has 1 N–H and O–H groups in total. The molecule has 4 fully saturated rings. The van der Waals surface area contributed by atoms with E-state index in [1.54, 1.807) is 6.92 Å². The summed E-state index contributed by atoms with van der Waals surface area (Å²) < 4.78 is 2.13. The van der Waals surface area contributed by atoms with E-state index in [0.717, 1.165) is 26.9 Å². The minimum atomic E-state index is -0.529. The highest BCUT2D eigenvalue weighted by Gasteiger charge is 2.53. The van der Waals surface area contributed by atoms with E-state index in [2.05, 4.69) is 6.92 Å². The van der Waals surface area contributed by atoms with E-state index < -0.39 is 11.2 Å². The van der Waals surface area contributed by atoms with E-state index >= 15 is 0 Å². The zero-order valence-corrected chi connectivity index (χ0v) is 16.2. The summed E-state index contributed by atoms with van der Waals surface area (Å²) in [5.41, 5.74) is -0.0896. The van der Waals surface area contributed by atoms with Gasteiger partial charge in [-0.05, 0) is 75.5 Å². The summed E-state index contributed by atoms with van der Waals surface area (Å²) in [6.45, 7) is 3.94. The first-order valence-electron chi connectivity index (χ1n) is 9.75. The van der Waals surface area contributed by atoms with Crippen LogP contribution < -0.4 is 11.2 Å². The standard InChI is InChI=1S/C20H29N3O3/c1-11(16-17(24)22(3)19(26)23(4)18(16)25)21-12(2)20-8-13-5-14(9-20)7-15(6-13)10-20/h12-15,24H,5-10H2,1-4H3/t12-,13?,14?,15?,20?/m1/s1. The van der Waals surface area contributed by atoms with Gasteiger partial charge in [0.2, 0.25) is 5.88 Å². The van der Waals surface area contributed by atoms with Gasteiger partial charge in [-0.15, -0.1) is 0 Å². The fourth-order valence-electron chi connectivity index (χ4n) is 6.33. The lowest BCUT2D eigenvalue weighted by molar-refractivity contribution is -0.0633. The van der Waals surface area contributed by atoms with Crippen molar-refractivity contribution < 1.29 is 5.11 Å². The first kappa shape index (κ1) is 17.6. The average molecular weight is 359 g/mol. The lowest BCUT2D eigenvalue weighted by atomic mass is 9.48. The van der Waals surface area contributed by atoms with Crippen molar-refractivity contribution >= 4 is 5.71 Å². The SMILES string of the molecule is CC(=N[C@H](C)C12CC3CC(CC(C3)C1)C2)c1c(O)n(C)c(=O)n(C)c1=O. The van der Waals surface area contributed by atoms with Gasteiger partial charge < -0.3 is 5.11 Å². The van der Waals surface area contributed by atoms with Crippen LogP contribution in [0.1, 0.15) is 57.9 Å². The van der Waals surface area contributed by atoms with Gasteiger partial charge in [-0.3, -0.25) is 18.9 Å². The Hall–Kier alpha value is -1.85. The maximum Gasteiger partial charge on any atom is 0.333 e. The summed E-state index contributed by atoms with van der Waals surface area (Å²) >= 11 is 0. The quantitative estimate of drug-likeness (QED) is 0.841. The highest BCUT2D eigenvalue weighted by Crippen LogP contribution is 2.61. The monoisotopic (exact) mass is 359 g/mol. The zero-order valence-electron chi connectivity index (χ0n) is 16.2. The minimum Gasteiger partial charge on any atom is -0.494 e. The molecule has 142 valence electrons. The number of aromatic hydroxyl groups is 1. The summed E-state index contributed by atoms with van der Waals surface area (Å²) in [4.78, 5) is 29.4. The van der Waals surface area contributed by atoms with E-state index in [4.69, 9.17) is 4.99 Å². The van der Waals surface area contributed by atoms with Gasteiger partial charge in [0.25, 0.3) is 5.56 Å². The van der Waals surface area contributed by atoms with Gasteiger partial charge in [-0.2, -0.15) is 0 Å². The highest BCUT2D eigenvalue weighted by atomic mass is 16.3. The second-order valence-electron chi connectivity index (χ2n) is 9.07. The lowest BCUT2D eigenvalue weighted by Gasteiger charge is -2.58. The molecule has 1 aromatic rings. The molecule has 6 nitrogen and oxygen atoms in total. The van der Waals surface area contributed by atoms with Crippen LogP contribution >= 0.6 is 0 Å². The number of aromatic nitrogens is 2. The van der Waals surface area contributed by atoms with Gasteiger partial charge >= 0.3 is 5.69 Å². The number of hydrogen-bond acceptors (Lipinski definition) is 4. The first-order chi connectivity index (χ1) is 12.2. The lowest BCUT2D eigenvalue weighted by Crippen LogP contribution is -2.50. The van der Waals surface area contributed by atoms with Gasteiger partial charge in [0.05, 0.1) is 11.8 Å². The Morgan fingerprint density at radius 2 is 1.58 bits per heavy atom. The Morgan fingerprint density at radius 3 is 2.08 bits per heavy atom. The summed E-state index contributed by atoms with van der Waals surface area (Å²) in [6.07, 6.45) is 7.89. The van der Waals surface area contributed by atoms with Crippen molar-refractivity contribution in [2.24, 2.45) is 42.3 Å². The molecule has 26 heavy (non-hydrogen) atoms. The topological polar surface area (TPSA) is 76.6 Å². The fourth-order valence-corrected chi connectivity index (χ4v) is 6.33. The van der Waals surface area contributed by atoms with Crippen LogP contribution in [0.5, 0.6) is 5.88 Å². The molecular formula is C20H29N3O3. The van der Waals surface area contributed by atoms with Gasteiger partial charge in [-0.25, -0.2) is 4.79 Å². The van der Waals surface area contributed by atoms with Crippen LogP contribution in [-0.4, -0.2) is 26.0 Å². The summed E-state index contributed by atoms with van der Waals surface area (Å²) in [5.74, 6) is 2.24. The van der Waals surface area contributed by atoms with E-state index in [0.29, 0.717) is 5.71 Å². The third-order valence-electron chi connectivity index (χ3n) is 7.35. The number of aliphatic imine (C=N–C) groups is 1. The van der Waals surface area contributed by atoms with Crippen molar-refractivity contribution in [2.45, 2.75) is 58.4 Å². The van der Waals surface area contributed by atoms with Crippen LogP contribution in [-0.2, 0) is 14.1 Å². The van der Waals surface area contributed by atoms with Gasteiger partial charge in [0.1, 0.15) is 5.56 Å². The molecule has 4 bridgehead atoms. The third-order valence-corrected chi connectivity index (χ3v) is 7.35. The Morgan fingerprint density at radius 1 is 1.08 bits per heavy atom. The highest BCUT2D eigenvalue weighted by molar-refractivity contribution is 6.00. The zero-order chi connectivity index (χ0) is 18.8. The molecule has 4 aliphatic carbocycles. The molecule has 0 spiro atoms. The summed E-state index contributed by atoms with van der Waals surface area (Å²) in [7, 11) is 2.90. The van der Waals surface area contributed by atoms with Crippen LogP contribution in [0.2, 0.25) is 0 Å². The second-order valence-corrected chi connectivity index (χ2v) is 9.07. The predicted octanol–water partition coefficient (Wildman–Crippen LogP) is 2.20. The molecule has 0 amide bonds. The molecule has 0 saturated heterocycles. The Balaban J connectivity index is 1.71. The Kier molecular flexibility index (Phi) is 3.93. The van der Waals surface area contributed by atoms with Crippen molar-refractivity contribution in [1.82, 2.24) is 9.13 Å². The maximum absolute atomic E-state index is 12.5. The van der Waals surface area contributed by atoms with Crippen molar-refractivity contribution in [3.8, 4) is 5.88 Å². The van der Waals surface area contributed by atoms with Crippen molar-refractivity contribution in [3.05, 3.63) is 26.4 Å². The van der Waals surface area contributed by atoms with Crippen LogP contribution in [0.25, 0.3) is 0 Å². The number of rotatable bonds is 3. The van der Waals surface area contributed by atoms with E-state index in [1.807, 2.05) is 0 Å². The molecule has 0 radical (unpaired) electrons. The molecule has 1 aromatic heterocycles. The maximum atomic E-state index is 12.5. The smallest absolute Gasteiger partial charge is 0.333 e. The van der Waals surface area contributed by atoms with E-state index in [9.17, 15) is 14.7 Å². The summed E-state index contributed by atoms with van der Waals surface area (Å²) in [6, 6.07) is 0.122. The molecule has 0 unspecified atom stereocenters. The predicted molar refractivity (Wildman–Crippen MR) is 101 cm³/mol. The number of nitrogens with zero attached hydrogens (tertiary/aromatic N) is 3. The molecule has 1 atom stereocenters. The third kappa shape index (κ3) is 2.48. The van der Waals surface area contributed by atoms with Gasteiger partial charge in [-0.1, -0.05) is 0 Å². The molecule has 4 saturated carbocycles. The molecule has 1 heterocycles. The fraction of sp³-hybridized carbons (Fsp3) is 0.750. The van der Waals surface area contributed by atoms with Crippen LogP contribution in [0.4, 0.5) is 0 Å². The van der Waals surface area contributed by atoms with E-state index in [1.165, 1.54) is 52.6 Å². The van der Waals surface area contributed by atoms with Gasteiger partial charge in [0, 0.05) is 14.1 Å². The minimum absolute atomic E-state index is 0.122. The molecule has 5 rings (SSSR count). The largest absolute Gasteiger partial charge is 0.494 e. The summed E-state index contributed by atoms with van der Waals surface area (Å²) in [5, 5.41) is 10.4. The first-order valence-corrected chi connectivity index (χ1v) is 9.75. The second kappa shape index (κ2) is 5.83. The van der Waals surface area contributed by atoms with E-state index in [-0.39, 0.29) is 22.9 Å².